The van der Waals surface area contributed by atoms with E-state index in [0.717, 1.165) is 0 Å². The van der Waals surface area contributed by atoms with Gasteiger partial charge in [0.2, 0.25) is 5.95 Å². The number of rotatable bonds is 4. The predicted octanol–water partition coefficient (Wildman–Crippen LogP) is 3.52. The van der Waals surface area contributed by atoms with Gasteiger partial charge in [-0.3, -0.25) is 4.79 Å². The average molecular weight is 351 g/mol. The molecule has 1 aromatic carbocycles. The van der Waals surface area contributed by atoms with Gasteiger partial charge in [-0.2, -0.15) is 0 Å². The first-order valence-corrected chi connectivity index (χ1v) is 7.85. The molecule has 0 saturated carbocycles. The van der Waals surface area contributed by atoms with Gasteiger partial charge in [-0.15, -0.1) is 0 Å². The highest BCUT2D eigenvalue weighted by Gasteiger charge is 2.28. The van der Waals surface area contributed by atoms with Crippen LogP contribution in [0.3, 0.4) is 0 Å². The second kappa shape index (κ2) is 7.08. The second-order valence-electron chi connectivity index (χ2n) is 5.91. The van der Waals surface area contributed by atoms with E-state index in [2.05, 4.69) is 9.97 Å². The lowest BCUT2D eigenvalue weighted by atomic mass is 9.99. The van der Waals surface area contributed by atoms with Crippen molar-refractivity contribution in [2.45, 2.75) is 19.3 Å². The summed E-state index contributed by atoms with van der Waals surface area (Å²) in [6.07, 6.45) is -1.64. The van der Waals surface area contributed by atoms with Crippen molar-refractivity contribution in [2.75, 3.05) is 18.0 Å². The molecular formula is C17H16F3N3O2. The van der Waals surface area contributed by atoms with Crippen molar-refractivity contribution in [3.05, 3.63) is 41.8 Å². The van der Waals surface area contributed by atoms with Crippen molar-refractivity contribution in [1.82, 2.24) is 9.97 Å². The first-order valence-electron chi connectivity index (χ1n) is 7.85. The van der Waals surface area contributed by atoms with E-state index in [1.54, 1.807) is 4.90 Å². The lowest BCUT2D eigenvalue weighted by molar-refractivity contribution is -0.141. The minimum Gasteiger partial charge on any atom is -0.481 e. The zero-order valence-electron chi connectivity index (χ0n) is 13.2. The number of anilines is 1. The summed E-state index contributed by atoms with van der Waals surface area (Å²) in [5.74, 6) is -1.87. The van der Waals surface area contributed by atoms with Crippen LogP contribution < -0.4 is 4.90 Å². The van der Waals surface area contributed by atoms with Crippen LogP contribution in [0.2, 0.25) is 0 Å². The Bertz CT molecular complexity index is 768. The molecule has 1 aromatic heterocycles. The van der Waals surface area contributed by atoms with Crippen LogP contribution in [0.25, 0.3) is 11.3 Å². The smallest absolute Gasteiger partial charge is 0.308 e. The molecule has 3 rings (SSSR count). The Morgan fingerprint density at radius 2 is 1.96 bits per heavy atom. The summed E-state index contributed by atoms with van der Waals surface area (Å²) in [7, 11) is 0. The number of halogens is 3. The van der Waals surface area contributed by atoms with Crippen molar-refractivity contribution in [1.29, 1.82) is 0 Å². The third-order valence-electron chi connectivity index (χ3n) is 4.15. The van der Waals surface area contributed by atoms with E-state index in [0.29, 0.717) is 24.9 Å². The summed E-state index contributed by atoms with van der Waals surface area (Å²) in [5, 5.41) is 9.18. The summed E-state index contributed by atoms with van der Waals surface area (Å²) in [6.45, 7) is 0.671. The van der Waals surface area contributed by atoms with Gasteiger partial charge in [-0.25, -0.2) is 23.1 Å². The molecule has 25 heavy (non-hydrogen) atoms. The Balaban J connectivity index is 1.98. The highest BCUT2D eigenvalue weighted by atomic mass is 19.3. The number of hydrogen-bond donors (Lipinski definition) is 1. The largest absolute Gasteiger partial charge is 0.481 e. The van der Waals surface area contributed by atoms with E-state index in [4.69, 9.17) is 0 Å². The monoisotopic (exact) mass is 351 g/mol. The number of alkyl halides is 2. The maximum Gasteiger partial charge on any atom is 0.308 e. The highest BCUT2D eigenvalue weighted by Crippen LogP contribution is 2.28. The van der Waals surface area contributed by atoms with Crippen LogP contribution in [0.5, 0.6) is 0 Å². The van der Waals surface area contributed by atoms with Gasteiger partial charge in [0, 0.05) is 18.7 Å². The number of piperidine rings is 1. The first-order chi connectivity index (χ1) is 11.9. The van der Waals surface area contributed by atoms with Gasteiger partial charge in [-0.1, -0.05) is 0 Å². The fourth-order valence-electron chi connectivity index (χ4n) is 2.83. The van der Waals surface area contributed by atoms with Crippen LogP contribution >= 0.6 is 0 Å². The van der Waals surface area contributed by atoms with Crippen molar-refractivity contribution in [3.8, 4) is 11.3 Å². The van der Waals surface area contributed by atoms with Gasteiger partial charge in [0.25, 0.3) is 6.43 Å². The zero-order chi connectivity index (χ0) is 18.0. The van der Waals surface area contributed by atoms with Crippen LogP contribution in [0, 0.1) is 11.7 Å². The summed E-state index contributed by atoms with van der Waals surface area (Å²) in [5.41, 5.74) is 0.290. The summed E-state index contributed by atoms with van der Waals surface area (Å²) in [4.78, 5) is 21.0. The van der Waals surface area contributed by atoms with Gasteiger partial charge in [0.05, 0.1) is 11.6 Å². The molecule has 132 valence electrons. The van der Waals surface area contributed by atoms with Gasteiger partial charge >= 0.3 is 5.97 Å². The number of nitrogens with zero attached hydrogens (tertiary/aromatic N) is 3. The summed E-state index contributed by atoms with van der Waals surface area (Å²) >= 11 is 0. The molecule has 1 aliphatic rings. The van der Waals surface area contributed by atoms with E-state index in [1.165, 1.54) is 30.3 Å². The van der Waals surface area contributed by atoms with E-state index in [-0.39, 0.29) is 18.2 Å². The Labute approximate surface area is 142 Å². The molecule has 0 aliphatic carbocycles. The van der Waals surface area contributed by atoms with Crippen LogP contribution in [-0.2, 0) is 4.79 Å². The topological polar surface area (TPSA) is 66.3 Å². The lowest BCUT2D eigenvalue weighted by Gasteiger charge is -2.31. The summed E-state index contributed by atoms with van der Waals surface area (Å²) in [6, 6.07) is 6.51. The SMILES string of the molecule is O=C(O)C1CCCN(c2nc(-c3ccc(F)cc3)cc(C(F)F)n2)C1. The highest BCUT2D eigenvalue weighted by molar-refractivity contribution is 5.71. The minimum atomic E-state index is -2.79. The molecule has 5 nitrogen and oxygen atoms in total. The fraction of sp³-hybridized carbons (Fsp3) is 0.353. The van der Waals surface area contributed by atoms with Gasteiger partial charge in [0.1, 0.15) is 11.5 Å². The Morgan fingerprint density at radius 3 is 2.60 bits per heavy atom. The molecule has 1 atom stereocenters. The molecule has 1 saturated heterocycles. The number of carboxylic acid groups (broad SMARTS) is 1. The average Bonchev–Trinajstić information content (AvgIpc) is 2.62. The normalized spacial score (nSPS) is 17.8. The standard InChI is InChI=1S/C17H16F3N3O2/c18-12-5-3-10(4-6-12)13-8-14(15(19)20)22-17(21-13)23-7-1-2-11(9-23)16(24)25/h3-6,8,11,15H,1-2,7,9H2,(H,24,25). The maximum atomic E-state index is 13.2. The molecular weight excluding hydrogens is 335 g/mol. The molecule has 1 fully saturated rings. The van der Waals surface area contributed by atoms with Crippen LogP contribution in [0.15, 0.2) is 30.3 Å². The van der Waals surface area contributed by atoms with E-state index < -0.39 is 29.8 Å². The molecule has 0 spiro atoms. The number of carbonyl (C=O) groups is 1. The van der Waals surface area contributed by atoms with Crippen molar-refractivity contribution < 1.29 is 23.1 Å². The second-order valence-corrected chi connectivity index (χ2v) is 5.91. The number of aliphatic carboxylic acids is 1. The maximum absolute atomic E-state index is 13.2. The van der Waals surface area contributed by atoms with Crippen LogP contribution in [0.4, 0.5) is 19.1 Å². The third-order valence-corrected chi connectivity index (χ3v) is 4.15. The van der Waals surface area contributed by atoms with Gasteiger partial charge in [0.15, 0.2) is 0 Å². The predicted molar refractivity (Wildman–Crippen MR) is 85.0 cm³/mol. The molecule has 0 amide bonds. The molecule has 0 radical (unpaired) electrons. The van der Waals surface area contributed by atoms with Crippen LogP contribution in [0.1, 0.15) is 25.0 Å². The van der Waals surface area contributed by atoms with E-state index >= 15 is 0 Å². The van der Waals surface area contributed by atoms with E-state index in [1.807, 2.05) is 0 Å². The lowest BCUT2D eigenvalue weighted by Crippen LogP contribution is -2.39. The number of hydrogen-bond acceptors (Lipinski definition) is 4. The fourth-order valence-corrected chi connectivity index (χ4v) is 2.83. The molecule has 2 aromatic rings. The Morgan fingerprint density at radius 1 is 1.24 bits per heavy atom. The van der Waals surface area contributed by atoms with Crippen molar-refractivity contribution in [3.63, 3.8) is 0 Å². The number of aromatic nitrogens is 2. The molecule has 2 heterocycles. The quantitative estimate of drug-likeness (QED) is 0.913. The Hall–Kier alpha value is -2.64. The Kier molecular flexibility index (Phi) is 4.87. The number of carboxylic acids is 1. The zero-order valence-corrected chi connectivity index (χ0v) is 13.2. The first kappa shape index (κ1) is 17.2. The van der Waals surface area contributed by atoms with E-state index in [9.17, 15) is 23.1 Å². The molecule has 0 bridgehead atoms. The van der Waals surface area contributed by atoms with Crippen molar-refractivity contribution in [2.24, 2.45) is 5.92 Å². The summed E-state index contributed by atoms with van der Waals surface area (Å²) < 4.78 is 39.5. The minimum absolute atomic E-state index is 0.0723. The van der Waals surface area contributed by atoms with Gasteiger partial charge in [-0.05, 0) is 43.2 Å². The number of benzene rings is 1. The third kappa shape index (κ3) is 3.89. The molecule has 1 unspecified atom stereocenters. The molecule has 1 aliphatic heterocycles. The van der Waals surface area contributed by atoms with Crippen LogP contribution in [-0.4, -0.2) is 34.1 Å². The van der Waals surface area contributed by atoms with Gasteiger partial charge < -0.3 is 10.0 Å². The van der Waals surface area contributed by atoms with Crippen molar-refractivity contribution >= 4 is 11.9 Å². The molecule has 8 heteroatoms. The molecule has 1 N–H and O–H groups in total.